The third-order valence-corrected chi connectivity index (χ3v) is 4.90. The first-order chi connectivity index (χ1) is 10.2. The van der Waals surface area contributed by atoms with E-state index in [-0.39, 0.29) is 24.0 Å². The van der Waals surface area contributed by atoms with Gasteiger partial charge in [0.25, 0.3) is 0 Å². The molecule has 2 heterocycles. The largest absolute Gasteiger partial charge is 0.370 e. The van der Waals surface area contributed by atoms with Crippen molar-refractivity contribution in [1.29, 1.82) is 0 Å². The van der Waals surface area contributed by atoms with Crippen molar-refractivity contribution >= 4 is 64.2 Å². The Kier molecular flexibility index (Phi) is 6.70. The molecule has 7 heteroatoms. The molecule has 0 spiro atoms. The summed E-state index contributed by atoms with van der Waals surface area (Å²) in [5.74, 6) is 2.95. The smallest absolute Gasteiger partial charge is 0.191 e. The number of fused-ring (bicyclic) bond motifs is 1. The Balaban J connectivity index is 0.00000176. The summed E-state index contributed by atoms with van der Waals surface area (Å²) < 4.78 is 0. The molecule has 22 heavy (non-hydrogen) atoms. The van der Waals surface area contributed by atoms with Gasteiger partial charge < -0.3 is 15.6 Å². The maximum absolute atomic E-state index is 6.06. The molecule has 3 N–H and O–H groups in total. The van der Waals surface area contributed by atoms with Crippen LogP contribution in [0.1, 0.15) is 5.56 Å². The van der Waals surface area contributed by atoms with Crippen molar-refractivity contribution in [2.24, 2.45) is 10.7 Å². The fourth-order valence-electron chi connectivity index (χ4n) is 2.54. The van der Waals surface area contributed by atoms with Crippen molar-refractivity contribution in [3.63, 3.8) is 0 Å². The van der Waals surface area contributed by atoms with Gasteiger partial charge in [-0.3, -0.25) is 4.99 Å². The zero-order chi connectivity index (χ0) is 14.7. The molecule has 1 aromatic heterocycles. The Bertz CT molecular complexity index is 652. The Labute approximate surface area is 156 Å². The first-order valence-electron chi connectivity index (χ1n) is 7.12. The first kappa shape index (κ1) is 17.7. The van der Waals surface area contributed by atoms with Crippen LogP contribution >= 0.6 is 47.3 Å². The maximum atomic E-state index is 6.06. The number of nitrogens with two attached hydrogens (primary N) is 1. The van der Waals surface area contributed by atoms with Crippen molar-refractivity contribution in [2.45, 2.75) is 6.42 Å². The Morgan fingerprint density at radius 2 is 2.14 bits per heavy atom. The van der Waals surface area contributed by atoms with Crippen LogP contribution in [-0.2, 0) is 6.42 Å². The van der Waals surface area contributed by atoms with Crippen LogP contribution < -0.4 is 5.73 Å². The number of aliphatic imine (C=N–C) groups is 1. The van der Waals surface area contributed by atoms with E-state index in [0.717, 1.165) is 41.6 Å². The SMILES string of the molecule is I.NC(=NCCc1c[nH]c2ccc(Cl)cc12)N1CCSCC1. The second-order valence-corrected chi connectivity index (χ2v) is 6.75. The van der Waals surface area contributed by atoms with Gasteiger partial charge in [-0.05, 0) is 30.2 Å². The lowest BCUT2D eigenvalue weighted by Crippen LogP contribution is -2.42. The Hall–Kier alpha value is -0.600. The quantitative estimate of drug-likeness (QED) is 0.428. The number of nitrogens with zero attached hydrogens (tertiary/aromatic N) is 2. The topological polar surface area (TPSA) is 57.4 Å². The molecule has 0 atom stereocenters. The molecule has 0 amide bonds. The van der Waals surface area contributed by atoms with Crippen LogP contribution in [0.4, 0.5) is 0 Å². The van der Waals surface area contributed by atoms with E-state index in [0.29, 0.717) is 12.5 Å². The van der Waals surface area contributed by atoms with Crippen LogP contribution in [0.5, 0.6) is 0 Å². The maximum Gasteiger partial charge on any atom is 0.191 e. The third-order valence-electron chi connectivity index (χ3n) is 3.72. The molecule has 4 nitrogen and oxygen atoms in total. The summed E-state index contributed by atoms with van der Waals surface area (Å²) in [5, 5.41) is 1.93. The first-order valence-corrected chi connectivity index (χ1v) is 8.65. The minimum Gasteiger partial charge on any atom is -0.370 e. The van der Waals surface area contributed by atoms with E-state index in [1.807, 2.05) is 36.2 Å². The standard InChI is InChI=1S/C15H19ClN4S.HI/c16-12-1-2-14-13(9-12)11(10-19-14)3-4-18-15(17)20-5-7-21-8-6-20;/h1-2,9-10,19H,3-8H2,(H2,17,18);1H. The van der Waals surface area contributed by atoms with Gasteiger partial charge >= 0.3 is 0 Å². The van der Waals surface area contributed by atoms with Crippen LogP contribution in [0, 0.1) is 0 Å². The minimum atomic E-state index is 0. The highest BCUT2D eigenvalue weighted by molar-refractivity contribution is 14.0. The van der Waals surface area contributed by atoms with Crippen molar-refractivity contribution in [2.75, 3.05) is 31.1 Å². The number of rotatable bonds is 3. The van der Waals surface area contributed by atoms with E-state index in [4.69, 9.17) is 17.3 Å². The number of hydrogen-bond acceptors (Lipinski definition) is 2. The monoisotopic (exact) mass is 450 g/mol. The molecule has 3 rings (SSSR count). The number of aromatic nitrogens is 1. The summed E-state index contributed by atoms with van der Waals surface area (Å²) in [6, 6.07) is 5.90. The van der Waals surface area contributed by atoms with E-state index in [2.05, 4.69) is 14.9 Å². The normalized spacial score (nSPS) is 15.9. The van der Waals surface area contributed by atoms with Crippen LogP contribution in [-0.4, -0.2) is 47.0 Å². The molecule has 0 aliphatic carbocycles. The van der Waals surface area contributed by atoms with Gasteiger partial charge in [0.05, 0.1) is 0 Å². The number of halogens is 2. The Morgan fingerprint density at radius 1 is 1.36 bits per heavy atom. The van der Waals surface area contributed by atoms with Gasteiger partial charge in [0.15, 0.2) is 5.96 Å². The van der Waals surface area contributed by atoms with Gasteiger partial charge in [-0.15, -0.1) is 24.0 Å². The van der Waals surface area contributed by atoms with Gasteiger partial charge in [0.2, 0.25) is 0 Å². The lowest BCUT2D eigenvalue weighted by molar-refractivity contribution is 0.456. The number of hydrogen-bond donors (Lipinski definition) is 2. The van der Waals surface area contributed by atoms with Gasteiger partial charge in [-0.2, -0.15) is 11.8 Å². The Morgan fingerprint density at radius 3 is 2.91 bits per heavy atom. The molecular formula is C15H20ClIN4S. The second kappa shape index (κ2) is 8.31. The summed E-state index contributed by atoms with van der Waals surface area (Å²) in [7, 11) is 0. The summed E-state index contributed by atoms with van der Waals surface area (Å²) in [5.41, 5.74) is 8.41. The summed E-state index contributed by atoms with van der Waals surface area (Å²) in [6.07, 6.45) is 2.90. The minimum absolute atomic E-state index is 0. The number of nitrogens with one attached hydrogen (secondary N) is 1. The summed E-state index contributed by atoms with van der Waals surface area (Å²) >= 11 is 8.04. The third kappa shape index (κ3) is 4.23. The molecule has 0 bridgehead atoms. The lowest BCUT2D eigenvalue weighted by Gasteiger charge is -2.27. The molecule has 1 aliphatic rings. The molecule has 1 saturated heterocycles. The zero-order valence-electron chi connectivity index (χ0n) is 12.2. The van der Waals surface area contributed by atoms with E-state index in [1.165, 1.54) is 10.9 Å². The highest BCUT2D eigenvalue weighted by atomic mass is 127. The zero-order valence-corrected chi connectivity index (χ0v) is 16.1. The fraction of sp³-hybridized carbons (Fsp3) is 0.400. The number of H-pyrrole nitrogens is 1. The average Bonchev–Trinajstić information content (AvgIpc) is 2.90. The van der Waals surface area contributed by atoms with E-state index >= 15 is 0 Å². The van der Waals surface area contributed by atoms with Gasteiger partial charge in [0, 0.05) is 53.3 Å². The van der Waals surface area contributed by atoms with Gasteiger partial charge in [-0.1, -0.05) is 11.6 Å². The molecule has 1 aliphatic heterocycles. The van der Waals surface area contributed by atoms with Gasteiger partial charge in [-0.25, -0.2) is 0 Å². The van der Waals surface area contributed by atoms with Crippen molar-refractivity contribution in [3.8, 4) is 0 Å². The lowest BCUT2D eigenvalue weighted by atomic mass is 10.1. The van der Waals surface area contributed by atoms with Gasteiger partial charge in [0.1, 0.15) is 0 Å². The highest BCUT2D eigenvalue weighted by Gasteiger charge is 2.12. The molecule has 1 fully saturated rings. The molecule has 2 aromatic rings. The van der Waals surface area contributed by atoms with E-state index < -0.39 is 0 Å². The summed E-state index contributed by atoms with van der Waals surface area (Å²) in [6.45, 7) is 2.71. The molecule has 0 unspecified atom stereocenters. The number of thioether (sulfide) groups is 1. The molecule has 0 saturated carbocycles. The number of aromatic amines is 1. The molecular weight excluding hydrogens is 431 g/mol. The van der Waals surface area contributed by atoms with E-state index in [9.17, 15) is 0 Å². The van der Waals surface area contributed by atoms with Crippen molar-refractivity contribution in [3.05, 3.63) is 35.0 Å². The molecule has 120 valence electrons. The summed E-state index contributed by atoms with van der Waals surface area (Å²) in [4.78, 5) is 9.95. The van der Waals surface area contributed by atoms with Crippen LogP contribution in [0.2, 0.25) is 5.02 Å². The van der Waals surface area contributed by atoms with Crippen molar-refractivity contribution in [1.82, 2.24) is 9.88 Å². The number of guanidine groups is 1. The van der Waals surface area contributed by atoms with Crippen molar-refractivity contribution < 1.29 is 0 Å². The average molecular weight is 451 g/mol. The predicted octanol–water partition coefficient (Wildman–Crippen LogP) is 3.35. The number of benzene rings is 1. The van der Waals surface area contributed by atoms with Crippen LogP contribution in [0.25, 0.3) is 10.9 Å². The highest BCUT2D eigenvalue weighted by Crippen LogP contribution is 2.22. The second-order valence-electron chi connectivity index (χ2n) is 5.09. The fourth-order valence-corrected chi connectivity index (χ4v) is 3.62. The van der Waals surface area contributed by atoms with Crippen LogP contribution in [0.15, 0.2) is 29.4 Å². The predicted molar refractivity (Wildman–Crippen MR) is 108 cm³/mol. The van der Waals surface area contributed by atoms with E-state index in [1.54, 1.807) is 0 Å². The molecule has 1 aromatic carbocycles. The van der Waals surface area contributed by atoms with Crippen LogP contribution in [0.3, 0.4) is 0 Å². The molecule has 0 radical (unpaired) electrons.